The number of carbonyl (C=O) groups excluding carboxylic acids is 3. The van der Waals surface area contributed by atoms with Crippen molar-refractivity contribution >= 4 is 46.5 Å². The molecule has 3 heterocycles. The van der Waals surface area contributed by atoms with Gasteiger partial charge in [0, 0.05) is 35.2 Å². The van der Waals surface area contributed by atoms with E-state index in [0.717, 1.165) is 57.7 Å². The molecule has 2 fully saturated rings. The molecule has 4 rings (SSSR count). The third-order valence-corrected chi connectivity index (χ3v) is 7.11. The Morgan fingerprint density at radius 2 is 1.84 bits per heavy atom. The van der Waals surface area contributed by atoms with Crippen LogP contribution in [0.15, 0.2) is 29.2 Å². The molecule has 2 aromatic rings. The Morgan fingerprint density at radius 3 is 2.52 bits per heavy atom. The van der Waals surface area contributed by atoms with E-state index in [9.17, 15) is 14.4 Å². The summed E-state index contributed by atoms with van der Waals surface area (Å²) in [5.74, 6) is -0.582. The van der Waals surface area contributed by atoms with Crippen LogP contribution >= 0.6 is 23.4 Å². The van der Waals surface area contributed by atoms with Gasteiger partial charge >= 0.3 is 0 Å². The van der Waals surface area contributed by atoms with Crippen LogP contribution in [0, 0.1) is 20.8 Å². The lowest BCUT2D eigenvalue weighted by Gasteiger charge is -2.18. The molecular weight excluding hydrogens is 434 g/mol. The number of nitrogens with zero attached hydrogens (tertiary/aromatic N) is 3. The van der Waals surface area contributed by atoms with E-state index in [0.29, 0.717) is 23.0 Å². The van der Waals surface area contributed by atoms with E-state index in [1.807, 2.05) is 45.0 Å². The van der Waals surface area contributed by atoms with Crippen LogP contribution in [0.4, 0.5) is 4.79 Å². The molecule has 31 heavy (non-hydrogen) atoms. The van der Waals surface area contributed by atoms with E-state index >= 15 is 0 Å². The van der Waals surface area contributed by atoms with Gasteiger partial charge in [-0.05, 0) is 80.8 Å². The lowest BCUT2D eigenvalue weighted by atomic mass is 10.2. The molecule has 2 aliphatic rings. The standard InChI is InChI=1S/C23H24ClN3O3S/c1-14-6-7-18(12-19(14)24)27-15(2)10-17(16(27)3)11-20-22(29)26(23(30)31-20)13-21(28)25-8-4-5-9-25/h6-7,10-12H,4-5,8-9,13H2,1-3H3/b20-11-. The van der Waals surface area contributed by atoms with Crippen molar-refractivity contribution in [1.29, 1.82) is 0 Å². The molecule has 1 aromatic carbocycles. The largest absolute Gasteiger partial charge is 0.341 e. The highest BCUT2D eigenvalue weighted by Gasteiger charge is 2.37. The van der Waals surface area contributed by atoms with Gasteiger partial charge in [0.1, 0.15) is 6.54 Å². The van der Waals surface area contributed by atoms with Crippen molar-refractivity contribution in [2.24, 2.45) is 0 Å². The van der Waals surface area contributed by atoms with Crippen LogP contribution in [0.5, 0.6) is 0 Å². The second-order valence-corrected chi connectivity index (χ2v) is 9.35. The molecule has 0 atom stereocenters. The maximum absolute atomic E-state index is 12.8. The first-order chi connectivity index (χ1) is 14.8. The molecule has 2 aliphatic heterocycles. The number of hydrogen-bond acceptors (Lipinski definition) is 4. The summed E-state index contributed by atoms with van der Waals surface area (Å²) in [4.78, 5) is 40.8. The molecular formula is C23H24ClN3O3S. The van der Waals surface area contributed by atoms with Gasteiger partial charge in [0.2, 0.25) is 5.91 Å². The maximum atomic E-state index is 12.8. The third-order valence-electron chi connectivity index (χ3n) is 5.80. The summed E-state index contributed by atoms with van der Waals surface area (Å²) >= 11 is 7.19. The van der Waals surface area contributed by atoms with E-state index < -0.39 is 11.1 Å². The van der Waals surface area contributed by atoms with Crippen LogP contribution in [-0.4, -0.2) is 51.1 Å². The zero-order chi connectivity index (χ0) is 22.3. The second kappa shape index (κ2) is 8.55. The summed E-state index contributed by atoms with van der Waals surface area (Å²) in [7, 11) is 0. The molecule has 0 aliphatic carbocycles. The summed E-state index contributed by atoms with van der Waals surface area (Å²) in [6, 6.07) is 7.87. The number of benzene rings is 1. The van der Waals surface area contributed by atoms with Crippen molar-refractivity contribution < 1.29 is 14.4 Å². The number of rotatable bonds is 4. The smallest absolute Gasteiger partial charge is 0.294 e. The number of thioether (sulfide) groups is 1. The lowest BCUT2D eigenvalue weighted by Crippen LogP contribution is -2.40. The fourth-order valence-electron chi connectivity index (χ4n) is 4.03. The number of hydrogen-bond donors (Lipinski definition) is 0. The second-order valence-electron chi connectivity index (χ2n) is 7.95. The van der Waals surface area contributed by atoms with Gasteiger partial charge in [0.05, 0.1) is 4.91 Å². The first-order valence-corrected chi connectivity index (χ1v) is 11.4. The number of halogens is 1. The predicted octanol–water partition coefficient (Wildman–Crippen LogP) is 4.71. The molecule has 3 amide bonds. The van der Waals surface area contributed by atoms with Crippen molar-refractivity contribution in [3.05, 3.63) is 56.7 Å². The van der Waals surface area contributed by atoms with Crippen LogP contribution in [-0.2, 0) is 9.59 Å². The molecule has 6 nitrogen and oxygen atoms in total. The molecule has 0 bridgehead atoms. The topological polar surface area (TPSA) is 62.6 Å². The highest BCUT2D eigenvalue weighted by Crippen LogP contribution is 2.34. The fourth-order valence-corrected chi connectivity index (χ4v) is 5.04. The van der Waals surface area contributed by atoms with Crippen LogP contribution in [0.3, 0.4) is 0 Å². The van der Waals surface area contributed by atoms with E-state index in [-0.39, 0.29) is 12.5 Å². The van der Waals surface area contributed by atoms with Gasteiger partial charge in [-0.25, -0.2) is 0 Å². The van der Waals surface area contributed by atoms with Gasteiger partial charge in [-0.2, -0.15) is 0 Å². The van der Waals surface area contributed by atoms with E-state index in [1.54, 1.807) is 11.0 Å². The Morgan fingerprint density at radius 1 is 1.13 bits per heavy atom. The summed E-state index contributed by atoms with van der Waals surface area (Å²) in [5, 5.41) is 0.290. The van der Waals surface area contributed by atoms with Crippen molar-refractivity contribution in [3.8, 4) is 5.69 Å². The van der Waals surface area contributed by atoms with Gasteiger partial charge < -0.3 is 9.47 Å². The number of likely N-dealkylation sites (tertiary alicyclic amines) is 1. The van der Waals surface area contributed by atoms with Crippen LogP contribution in [0.2, 0.25) is 5.02 Å². The van der Waals surface area contributed by atoms with Crippen LogP contribution < -0.4 is 0 Å². The molecule has 162 valence electrons. The van der Waals surface area contributed by atoms with Crippen LogP contribution in [0.1, 0.15) is 35.4 Å². The van der Waals surface area contributed by atoms with Crippen molar-refractivity contribution in [2.75, 3.05) is 19.6 Å². The molecule has 0 radical (unpaired) electrons. The van der Waals surface area contributed by atoms with E-state index in [4.69, 9.17) is 11.6 Å². The summed E-state index contributed by atoms with van der Waals surface area (Å²) in [6.45, 7) is 7.10. The minimum Gasteiger partial charge on any atom is -0.341 e. The highest BCUT2D eigenvalue weighted by molar-refractivity contribution is 8.18. The molecule has 0 unspecified atom stereocenters. The molecule has 8 heteroatoms. The number of aryl methyl sites for hydroxylation is 2. The number of amides is 3. The number of aromatic nitrogens is 1. The Hall–Kier alpha value is -2.51. The quantitative estimate of drug-likeness (QED) is 0.623. The van der Waals surface area contributed by atoms with Gasteiger partial charge in [0.25, 0.3) is 11.1 Å². The summed E-state index contributed by atoms with van der Waals surface area (Å²) in [6.07, 6.45) is 3.67. The van der Waals surface area contributed by atoms with Crippen molar-refractivity contribution in [3.63, 3.8) is 0 Å². The van der Waals surface area contributed by atoms with Crippen LogP contribution in [0.25, 0.3) is 11.8 Å². The molecule has 0 spiro atoms. The average molecular weight is 458 g/mol. The zero-order valence-electron chi connectivity index (χ0n) is 17.8. The lowest BCUT2D eigenvalue weighted by molar-refractivity contribution is -0.135. The van der Waals surface area contributed by atoms with E-state index in [1.165, 1.54) is 0 Å². The predicted molar refractivity (Wildman–Crippen MR) is 123 cm³/mol. The van der Waals surface area contributed by atoms with Crippen molar-refractivity contribution in [2.45, 2.75) is 33.6 Å². The Bertz CT molecular complexity index is 1120. The molecule has 0 saturated carbocycles. The van der Waals surface area contributed by atoms with Gasteiger partial charge in [-0.1, -0.05) is 17.7 Å². The van der Waals surface area contributed by atoms with Crippen molar-refractivity contribution in [1.82, 2.24) is 14.4 Å². The summed E-state index contributed by atoms with van der Waals surface area (Å²) < 4.78 is 2.07. The third kappa shape index (κ3) is 4.16. The summed E-state index contributed by atoms with van der Waals surface area (Å²) in [5.41, 5.74) is 4.73. The monoisotopic (exact) mass is 457 g/mol. The minimum atomic E-state index is -0.411. The Balaban J connectivity index is 1.59. The first-order valence-electron chi connectivity index (χ1n) is 10.2. The SMILES string of the molecule is Cc1ccc(-n2c(C)cc(/C=C3\SC(=O)N(CC(=O)N4CCCC4)C3=O)c2C)cc1Cl. The number of imide groups is 1. The average Bonchev–Trinajstić information content (AvgIpc) is 3.41. The molecule has 0 N–H and O–H groups in total. The number of carbonyl (C=O) groups is 3. The van der Waals surface area contributed by atoms with E-state index in [2.05, 4.69) is 4.57 Å². The molecule has 1 aromatic heterocycles. The Kier molecular flexibility index (Phi) is 5.99. The van der Waals surface area contributed by atoms with Gasteiger partial charge in [-0.3, -0.25) is 19.3 Å². The minimum absolute atomic E-state index is 0.171. The molecule has 2 saturated heterocycles. The fraction of sp³-hybridized carbons (Fsp3) is 0.348. The Labute approximate surface area is 190 Å². The zero-order valence-corrected chi connectivity index (χ0v) is 19.3. The first kappa shape index (κ1) is 21.7. The van der Waals surface area contributed by atoms with Gasteiger partial charge in [-0.15, -0.1) is 0 Å². The van der Waals surface area contributed by atoms with Gasteiger partial charge in [0.15, 0.2) is 0 Å². The maximum Gasteiger partial charge on any atom is 0.294 e. The normalized spacial score (nSPS) is 18.0. The highest BCUT2D eigenvalue weighted by atomic mass is 35.5.